The number of hydrogen-bond acceptors (Lipinski definition) is 6. The summed E-state index contributed by atoms with van der Waals surface area (Å²) >= 11 is 1.36. The van der Waals surface area contributed by atoms with E-state index in [4.69, 9.17) is 9.47 Å². The summed E-state index contributed by atoms with van der Waals surface area (Å²) in [5, 5.41) is 12.4. The number of nitrogens with one attached hydrogen (secondary N) is 1. The standard InChI is InChI=1S/C13H16FN3O2S/c1-9-7-10(14)3-4-11(9)19-13-17-16-12(20-13)8-15-5-6-18-2/h3-4,7,15H,5-6,8H2,1-2H3. The van der Waals surface area contributed by atoms with E-state index in [1.54, 1.807) is 20.1 Å². The summed E-state index contributed by atoms with van der Waals surface area (Å²) in [6, 6.07) is 4.36. The van der Waals surface area contributed by atoms with Crippen LogP contribution in [0.3, 0.4) is 0 Å². The Morgan fingerprint density at radius 3 is 2.95 bits per heavy atom. The van der Waals surface area contributed by atoms with Gasteiger partial charge in [-0.25, -0.2) is 4.39 Å². The van der Waals surface area contributed by atoms with Crippen LogP contribution < -0.4 is 10.1 Å². The van der Waals surface area contributed by atoms with Crippen molar-refractivity contribution < 1.29 is 13.9 Å². The van der Waals surface area contributed by atoms with Crippen molar-refractivity contribution in [1.82, 2.24) is 15.5 Å². The predicted molar refractivity (Wildman–Crippen MR) is 74.7 cm³/mol. The summed E-state index contributed by atoms with van der Waals surface area (Å²) in [5.41, 5.74) is 0.722. The van der Waals surface area contributed by atoms with Gasteiger partial charge in [0.05, 0.1) is 6.61 Å². The zero-order valence-corrected chi connectivity index (χ0v) is 12.2. The van der Waals surface area contributed by atoms with Gasteiger partial charge in [-0.3, -0.25) is 0 Å². The van der Waals surface area contributed by atoms with Gasteiger partial charge in [-0.05, 0) is 30.7 Å². The molecule has 0 bridgehead atoms. The fraction of sp³-hybridized carbons (Fsp3) is 0.385. The summed E-state index contributed by atoms with van der Waals surface area (Å²) in [7, 11) is 1.66. The van der Waals surface area contributed by atoms with Crippen LogP contribution in [0, 0.1) is 12.7 Å². The zero-order valence-electron chi connectivity index (χ0n) is 11.4. The molecule has 5 nitrogen and oxygen atoms in total. The number of ether oxygens (including phenoxy) is 2. The molecule has 0 unspecified atom stereocenters. The van der Waals surface area contributed by atoms with Gasteiger partial charge in [-0.2, -0.15) is 0 Å². The average Bonchev–Trinajstić information content (AvgIpc) is 2.86. The minimum atomic E-state index is -0.282. The summed E-state index contributed by atoms with van der Waals surface area (Å²) < 4.78 is 23.5. The van der Waals surface area contributed by atoms with Crippen LogP contribution in [-0.4, -0.2) is 30.5 Å². The van der Waals surface area contributed by atoms with Crippen molar-refractivity contribution in [1.29, 1.82) is 0 Å². The Kier molecular flexibility index (Phi) is 5.40. The molecule has 0 saturated carbocycles. The molecule has 0 spiro atoms. The summed E-state index contributed by atoms with van der Waals surface area (Å²) in [4.78, 5) is 0. The molecule has 0 fully saturated rings. The van der Waals surface area contributed by atoms with Crippen molar-refractivity contribution in [3.8, 4) is 10.9 Å². The van der Waals surface area contributed by atoms with Crippen LogP contribution in [0.4, 0.5) is 4.39 Å². The van der Waals surface area contributed by atoms with E-state index in [0.29, 0.717) is 24.1 Å². The Morgan fingerprint density at radius 1 is 1.35 bits per heavy atom. The molecule has 0 aliphatic carbocycles. The van der Waals surface area contributed by atoms with Gasteiger partial charge < -0.3 is 14.8 Å². The second-order valence-electron chi connectivity index (χ2n) is 4.14. The van der Waals surface area contributed by atoms with Crippen LogP contribution in [0.5, 0.6) is 10.9 Å². The quantitative estimate of drug-likeness (QED) is 0.796. The SMILES string of the molecule is COCCNCc1nnc(Oc2ccc(F)cc2C)s1. The molecule has 2 aromatic rings. The highest BCUT2D eigenvalue weighted by Gasteiger charge is 2.08. The first-order valence-corrected chi connectivity index (χ1v) is 6.96. The lowest BCUT2D eigenvalue weighted by atomic mass is 10.2. The van der Waals surface area contributed by atoms with Crippen LogP contribution in [0.2, 0.25) is 0 Å². The van der Waals surface area contributed by atoms with E-state index in [1.807, 2.05) is 0 Å². The van der Waals surface area contributed by atoms with E-state index in [-0.39, 0.29) is 5.82 Å². The van der Waals surface area contributed by atoms with Gasteiger partial charge in [0.2, 0.25) is 0 Å². The highest BCUT2D eigenvalue weighted by molar-refractivity contribution is 7.13. The number of methoxy groups -OCH3 is 1. The van der Waals surface area contributed by atoms with Crippen molar-refractivity contribution >= 4 is 11.3 Å². The molecule has 0 saturated heterocycles. The molecule has 108 valence electrons. The third kappa shape index (κ3) is 4.22. The van der Waals surface area contributed by atoms with Crippen molar-refractivity contribution in [2.75, 3.05) is 20.3 Å². The number of benzene rings is 1. The average molecular weight is 297 g/mol. The predicted octanol–water partition coefficient (Wildman–Crippen LogP) is 2.51. The van der Waals surface area contributed by atoms with Crippen LogP contribution in [0.25, 0.3) is 0 Å². The monoisotopic (exact) mass is 297 g/mol. The normalized spacial score (nSPS) is 10.8. The molecule has 0 aliphatic heterocycles. The third-order valence-electron chi connectivity index (χ3n) is 2.54. The topological polar surface area (TPSA) is 56.3 Å². The number of nitrogens with zero attached hydrogens (tertiary/aromatic N) is 2. The molecule has 1 aromatic carbocycles. The highest BCUT2D eigenvalue weighted by Crippen LogP contribution is 2.27. The van der Waals surface area contributed by atoms with E-state index in [0.717, 1.165) is 17.1 Å². The van der Waals surface area contributed by atoms with E-state index in [9.17, 15) is 4.39 Å². The maximum Gasteiger partial charge on any atom is 0.299 e. The Labute approximate surface area is 120 Å². The number of hydrogen-bond donors (Lipinski definition) is 1. The molecule has 0 aliphatic rings. The van der Waals surface area contributed by atoms with Gasteiger partial charge in [-0.15, -0.1) is 5.10 Å². The maximum atomic E-state index is 13.0. The Morgan fingerprint density at radius 2 is 2.20 bits per heavy atom. The Balaban J connectivity index is 1.92. The van der Waals surface area contributed by atoms with Gasteiger partial charge in [-0.1, -0.05) is 16.4 Å². The molecule has 20 heavy (non-hydrogen) atoms. The van der Waals surface area contributed by atoms with Crippen molar-refractivity contribution in [2.45, 2.75) is 13.5 Å². The molecule has 0 radical (unpaired) electrons. The molecule has 1 N–H and O–H groups in total. The van der Waals surface area contributed by atoms with Crippen LogP contribution in [-0.2, 0) is 11.3 Å². The first kappa shape index (κ1) is 14.8. The lowest BCUT2D eigenvalue weighted by molar-refractivity contribution is 0.199. The molecule has 0 amide bonds. The van der Waals surface area contributed by atoms with Gasteiger partial charge in [0.25, 0.3) is 5.19 Å². The number of aryl methyl sites for hydroxylation is 1. The first-order chi connectivity index (χ1) is 9.69. The van der Waals surface area contributed by atoms with Crippen molar-refractivity contribution in [3.63, 3.8) is 0 Å². The first-order valence-electron chi connectivity index (χ1n) is 6.15. The Hall–Kier alpha value is -1.57. The van der Waals surface area contributed by atoms with E-state index >= 15 is 0 Å². The fourth-order valence-corrected chi connectivity index (χ4v) is 2.21. The van der Waals surface area contributed by atoms with Crippen LogP contribution in [0.15, 0.2) is 18.2 Å². The minimum Gasteiger partial charge on any atom is -0.430 e. The van der Waals surface area contributed by atoms with E-state index in [2.05, 4.69) is 15.5 Å². The second-order valence-corrected chi connectivity index (χ2v) is 5.17. The lowest BCUT2D eigenvalue weighted by Crippen LogP contribution is -2.18. The fourth-order valence-electron chi connectivity index (χ4n) is 1.54. The highest BCUT2D eigenvalue weighted by atomic mass is 32.1. The number of rotatable bonds is 7. The molecule has 1 heterocycles. The summed E-state index contributed by atoms with van der Waals surface area (Å²) in [6.07, 6.45) is 0. The smallest absolute Gasteiger partial charge is 0.299 e. The lowest BCUT2D eigenvalue weighted by Gasteiger charge is -2.04. The van der Waals surface area contributed by atoms with Gasteiger partial charge in [0.1, 0.15) is 16.6 Å². The largest absolute Gasteiger partial charge is 0.430 e. The summed E-state index contributed by atoms with van der Waals surface area (Å²) in [6.45, 7) is 3.81. The molecule has 7 heteroatoms. The zero-order chi connectivity index (χ0) is 14.4. The molecular formula is C13H16FN3O2S. The second kappa shape index (κ2) is 7.28. The molecule has 1 aromatic heterocycles. The molecular weight excluding hydrogens is 281 g/mol. The van der Waals surface area contributed by atoms with E-state index in [1.165, 1.54) is 23.5 Å². The van der Waals surface area contributed by atoms with Crippen LogP contribution >= 0.6 is 11.3 Å². The van der Waals surface area contributed by atoms with Gasteiger partial charge >= 0.3 is 0 Å². The number of halogens is 1. The van der Waals surface area contributed by atoms with E-state index < -0.39 is 0 Å². The Bertz CT molecular complexity index is 562. The maximum absolute atomic E-state index is 13.0. The van der Waals surface area contributed by atoms with Gasteiger partial charge in [0.15, 0.2) is 0 Å². The van der Waals surface area contributed by atoms with Gasteiger partial charge in [0, 0.05) is 20.2 Å². The molecule has 2 rings (SSSR count). The minimum absolute atomic E-state index is 0.282. The van der Waals surface area contributed by atoms with Crippen LogP contribution in [0.1, 0.15) is 10.6 Å². The third-order valence-corrected chi connectivity index (χ3v) is 3.34. The van der Waals surface area contributed by atoms with Crippen molar-refractivity contribution in [2.24, 2.45) is 0 Å². The molecule has 0 atom stereocenters. The number of aromatic nitrogens is 2. The van der Waals surface area contributed by atoms with Crippen molar-refractivity contribution in [3.05, 3.63) is 34.6 Å². The summed E-state index contributed by atoms with van der Waals surface area (Å²) in [5.74, 6) is 0.302.